The second-order valence-corrected chi connectivity index (χ2v) is 9.76. The Balaban J connectivity index is 1.73. The van der Waals surface area contributed by atoms with E-state index < -0.39 is 20.3 Å². The zero-order valence-electron chi connectivity index (χ0n) is 16.1. The Morgan fingerprint density at radius 1 is 1.17 bits per heavy atom. The zero-order valence-corrected chi connectivity index (χ0v) is 18.5. The van der Waals surface area contributed by atoms with Crippen LogP contribution in [0.5, 0.6) is 0 Å². The second-order valence-electron chi connectivity index (χ2n) is 6.45. The van der Waals surface area contributed by atoms with Crippen LogP contribution in [0, 0.1) is 13.8 Å². The summed E-state index contributed by atoms with van der Waals surface area (Å²) < 4.78 is 25.3. The number of hydrogen-bond acceptors (Lipinski definition) is 6. The van der Waals surface area contributed by atoms with E-state index in [-0.39, 0.29) is 26.7 Å². The first-order chi connectivity index (χ1) is 14.2. The fraction of sp³-hybridized carbons (Fsp3) is 0.150. The van der Waals surface area contributed by atoms with Crippen LogP contribution in [0.15, 0.2) is 68.4 Å². The van der Waals surface area contributed by atoms with Gasteiger partial charge in [-0.1, -0.05) is 47.6 Å². The molecule has 2 N–H and O–H groups in total. The van der Waals surface area contributed by atoms with E-state index in [9.17, 15) is 18.0 Å². The van der Waals surface area contributed by atoms with Gasteiger partial charge in [0.2, 0.25) is 15.7 Å². The molecule has 0 bridgehead atoms. The second kappa shape index (κ2) is 9.03. The highest BCUT2D eigenvalue weighted by molar-refractivity contribution is 7.99. The van der Waals surface area contributed by atoms with Gasteiger partial charge in [-0.3, -0.25) is 9.59 Å². The van der Waals surface area contributed by atoms with Crippen LogP contribution in [0.4, 0.5) is 5.69 Å². The van der Waals surface area contributed by atoms with Crippen LogP contribution >= 0.6 is 23.4 Å². The molecule has 156 valence electrons. The van der Waals surface area contributed by atoms with Crippen molar-refractivity contribution in [3.63, 3.8) is 0 Å². The maximum absolute atomic E-state index is 12.7. The van der Waals surface area contributed by atoms with Crippen molar-refractivity contribution >= 4 is 44.8 Å². The number of hydrogen-bond donors (Lipinski definition) is 2. The molecule has 0 unspecified atom stereocenters. The first kappa shape index (κ1) is 22.1. The Labute approximate surface area is 182 Å². The van der Waals surface area contributed by atoms with E-state index in [2.05, 4.69) is 15.3 Å². The van der Waals surface area contributed by atoms with Crippen LogP contribution < -0.4 is 10.9 Å². The predicted molar refractivity (Wildman–Crippen MR) is 117 cm³/mol. The molecule has 10 heteroatoms. The Hall–Kier alpha value is -2.62. The van der Waals surface area contributed by atoms with Crippen molar-refractivity contribution in [1.82, 2.24) is 9.97 Å². The molecule has 0 saturated heterocycles. The lowest BCUT2D eigenvalue weighted by Gasteiger charge is -2.11. The molecule has 0 aliphatic rings. The predicted octanol–water partition coefficient (Wildman–Crippen LogP) is 3.60. The Bertz CT molecular complexity index is 1250. The number of H-pyrrole nitrogens is 1. The third kappa shape index (κ3) is 4.92. The maximum Gasteiger partial charge on any atom is 0.270 e. The molecule has 0 aliphatic carbocycles. The van der Waals surface area contributed by atoms with Gasteiger partial charge in [0.1, 0.15) is 0 Å². The van der Waals surface area contributed by atoms with Gasteiger partial charge in [0.25, 0.3) is 5.56 Å². The van der Waals surface area contributed by atoms with Crippen molar-refractivity contribution in [2.24, 2.45) is 0 Å². The van der Waals surface area contributed by atoms with Crippen molar-refractivity contribution in [1.29, 1.82) is 0 Å². The van der Waals surface area contributed by atoms with Gasteiger partial charge in [-0.05, 0) is 43.2 Å². The number of aromatic amines is 1. The fourth-order valence-electron chi connectivity index (χ4n) is 2.71. The highest BCUT2D eigenvalue weighted by Gasteiger charge is 2.22. The van der Waals surface area contributed by atoms with Crippen molar-refractivity contribution in [2.75, 3.05) is 11.1 Å². The van der Waals surface area contributed by atoms with Gasteiger partial charge < -0.3 is 10.3 Å². The molecule has 0 atom stereocenters. The number of aryl methyl sites for hydroxylation is 2. The number of rotatable bonds is 6. The fourth-order valence-corrected chi connectivity index (χ4v) is 4.88. The topological polar surface area (TPSA) is 109 Å². The number of anilines is 1. The van der Waals surface area contributed by atoms with Crippen molar-refractivity contribution in [3.05, 3.63) is 75.2 Å². The van der Waals surface area contributed by atoms with Gasteiger partial charge in [-0.25, -0.2) is 13.4 Å². The number of thioether (sulfide) groups is 1. The van der Waals surface area contributed by atoms with Crippen LogP contribution in [0.3, 0.4) is 0 Å². The smallest absolute Gasteiger partial charge is 0.270 e. The standard InChI is InChI=1S/C20H18ClN3O4S2/c1-12-5-3-6-13(2)18(12)23-17(25)11-29-20-22-10-16(19(26)24-20)30(27,28)15-8-4-7-14(21)9-15/h3-10H,11H2,1-2H3,(H,23,25)(H,22,24,26). The minimum atomic E-state index is -4.07. The van der Waals surface area contributed by atoms with E-state index >= 15 is 0 Å². The lowest BCUT2D eigenvalue weighted by Crippen LogP contribution is -2.20. The maximum atomic E-state index is 12.7. The number of nitrogens with zero attached hydrogens (tertiary/aromatic N) is 1. The first-order valence-corrected chi connectivity index (χ1v) is 11.6. The summed E-state index contributed by atoms with van der Waals surface area (Å²) in [6.45, 7) is 3.79. The monoisotopic (exact) mass is 463 g/mol. The van der Waals surface area contributed by atoms with Gasteiger partial charge in [-0.15, -0.1) is 0 Å². The van der Waals surface area contributed by atoms with Crippen molar-refractivity contribution in [2.45, 2.75) is 28.8 Å². The molecule has 2 aromatic carbocycles. The number of para-hydroxylation sites is 1. The van der Waals surface area contributed by atoms with Crippen LogP contribution in [0.1, 0.15) is 11.1 Å². The molecule has 0 spiro atoms. The van der Waals surface area contributed by atoms with Gasteiger partial charge in [-0.2, -0.15) is 0 Å². The third-order valence-corrected chi connectivity index (χ3v) is 7.09. The number of halogens is 1. The summed E-state index contributed by atoms with van der Waals surface area (Å²) in [6, 6.07) is 11.3. The number of nitrogens with one attached hydrogen (secondary N) is 2. The molecule has 7 nitrogen and oxygen atoms in total. The summed E-state index contributed by atoms with van der Waals surface area (Å²) in [4.78, 5) is 30.4. The van der Waals surface area contributed by atoms with E-state index in [1.165, 1.54) is 24.3 Å². The average Bonchev–Trinajstić information content (AvgIpc) is 2.69. The van der Waals surface area contributed by atoms with Gasteiger partial charge in [0, 0.05) is 10.7 Å². The summed E-state index contributed by atoms with van der Waals surface area (Å²) >= 11 is 6.84. The largest absolute Gasteiger partial charge is 0.325 e. The molecular weight excluding hydrogens is 446 g/mol. The van der Waals surface area contributed by atoms with Crippen LogP contribution in [-0.4, -0.2) is 30.0 Å². The Morgan fingerprint density at radius 3 is 2.47 bits per heavy atom. The number of amides is 1. The first-order valence-electron chi connectivity index (χ1n) is 8.77. The molecule has 0 aliphatic heterocycles. The molecule has 30 heavy (non-hydrogen) atoms. The van der Waals surface area contributed by atoms with Gasteiger partial charge >= 0.3 is 0 Å². The molecule has 1 amide bonds. The number of aromatic nitrogens is 2. The van der Waals surface area contributed by atoms with E-state index in [4.69, 9.17) is 11.6 Å². The van der Waals surface area contributed by atoms with E-state index in [1.807, 2.05) is 32.0 Å². The zero-order chi connectivity index (χ0) is 21.9. The van der Waals surface area contributed by atoms with Crippen LogP contribution in [-0.2, 0) is 14.6 Å². The number of carbonyl (C=O) groups excluding carboxylic acids is 1. The SMILES string of the molecule is Cc1cccc(C)c1NC(=O)CSc1ncc(S(=O)(=O)c2cccc(Cl)c2)c(=O)[nH]1. The number of benzene rings is 2. The summed E-state index contributed by atoms with van der Waals surface area (Å²) in [5.41, 5.74) is 1.81. The van der Waals surface area contributed by atoms with E-state index in [0.29, 0.717) is 0 Å². The van der Waals surface area contributed by atoms with Crippen LogP contribution in [0.25, 0.3) is 0 Å². The van der Waals surface area contributed by atoms with Gasteiger partial charge in [0.05, 0.1) is 16.8 Å². The summed E-state index contributed by atoms with van der Waals surface area (Å²) in [5.74, 6) is -0.271. The van der Waals surface area contributed by atoms with Crippen molar-refractivity contribution in [3.8, 4) is 0 Å². The molecule has 3 aromatic rings. The molecule has 1 aromatic heterocycles. The summed E-state index contributed by atoms with van der Waals surface area (Å²) in [5, 5.41) is 3.22. The molecule has 3 rings (SSSR count). The lowest BCUT2D eigenvalue weighted by atomic mass is 10.1. The highest BCUT2D eigenvalue weighted by Crippen LogP contribution is 2.22. The lowest BCUT2D eigenvalue weighted by molar-refractivity contribution is -0.113. The third-order valence-electron chi connectivity index (χ3n) is 4.22. The Kier molecular flexibility index (Phi) is 6.64. The summed E-state index contributed by atoms with van der Waals surface area (Å²) in [7, 11) is -4.07. The molecular formula is C20H18ClN3O4S2. The summed E-state index contributed by atoms with van der Waals surface area (Å²) in [6.07, 6.45) is 0.987. The molecule has 0 radical (unpaired) electrons. The number of sulfone groups is 1. The van der Waals surface area contributed by atoms with Crippen LogP contribution in [0.2, 0.25) is 5.02 Å². The highest BCUT2D eigenvalue weighted by atomic mass is 35.5. The normalized spacial score (nSPS) is 11.3. The number of carbonyl (C=O) groups is 1. The quantitative estimate of drug-likeness (QED) is 0.427. The average molecular weight is 464 g/mol. The van der Waals surface area contributed by atoms with E-state index in [1.54, 1.807) is 0 Å². The molecule has 0 saturated carbocycles. The molecule has 1 heterocycles. The minimum absolute atomic E-state index is 0.00287. The minimum Gasteiger partial charge on any atom is -0.325 e. The van der Waals surface area contributed by atoms with Crippen molar-refractivity contribution < 1.29 is 13.2 Å². The molecule has 0 fully saturated rings. The Morgan fingerprint density at radius 2 is 1.83 bits per heavy atom. The van der Waals surface area contributed by atoms with Gasteiger partial charge in [0.15, 0.2) is 10.1 Å². The van der Waals surface area contributed by atoms with E-state index in [0.717, 1.165) is 34.8 Å².